The van der Waals surface area contributed by atoms with Gasteiger partial charge in [-0.25, -0.2) is 10.9 Å². The van der Waals surface area contributed by atoms with Crippen LogP contribution in [-0.2, 0) is 4.79 Å². The molecule has 0 spiro atoms. The fraction of sp³-hybridized carbons (Fsp3) is 0.632. The minimum Gasteiger partial charge on any atom is -0.388 e. The van der Waals surface area contributed by atoms with Gasteiger partial charge in [0.25, 0.3) is 0 Å². The molecule has 0 bridgehead atoms. The first-order valence-electron chi connectivity index (χ1n) is 9.52. The molecule has 136 valence electrons. The average Bonchev–Trinajstić information content (AvgIpc) is 3.16. The van der Waals surface area contributed by atoms with Crippen molar-refractivity contribution in [1.82, 2.24) is 21.3 Å². The molecule has 0 aromatic heterocycles. The van der Waals surface area contributed by atoms with E-state index in [1.54, 1.807) is 0 Å². The van der Waals surface area contributed by atoms with Crippen molar-refractivity contribution in [3.8, 4) is 0 Å². The highest BCUT2D eigenvalue weighted by molar-refractivity contribution is 5.80. The summed E-state index contributed by atoms with van der Waals surface area (Å²) in [5.74, 6) is 0.565. The molecule has 6 nitrogen and oxygen atoms in total. The summed E-state index contributed by atoms with van der Waals surface area (Å²) in [6.07, 6.45) is 4.47. The standard InChI is InChI=1S/C19H28N4O2/c24-18(13-5-2-1-3-6-13)14-9-11-23(12-10-14)19(25)15-7-4-8-16-17(15)21-22-20-16/h1-3,5-6,14-18,20-22,24H,4,7-12H2. The number of hydrogen-bond acceptors (Lipinski definition) is 5. The number of hydrogen-bond donors (Lipinski definition) is 4. The number of amides is 1. The van der Waals surface area contributed by atoms with Crippen LogP contribution in [0.3, 0.4) is 0 Å². The van der Waals surface area contributed by atoms with Gasteiger partial charge >= 0.3 is 0 Å². The van der Waals surface area contributed by atoms with E-state index in [0.29, 0.717) is 6.04 Å². The van der Waals surface area contributed by atoms with Crippen LogP contribution in [0.25, 0.3) is 0 Å². The Bertz CT molecular complexity index is 588. The van der Waals surface area contributed by atoms with E-state index in [1.807, 2.05) is 35.2 Å². The Kier molecular flexibility index (Phi) is 5.03. The molecule has 6 heteroatoms. The number of carbonyl (C=O) groups is 1. The van der Waals surface area contributed by atoms with Crippen LogP contribution in [0.5, 0.6) is 0 Å². The molecule has 2 aliphatic heterocycles. The van der Waals surface area contributed by atoms with E-state index in [1.165, 1.54) is 0 Å². The monoisotopic (exact) mass is 344 g/mol. The number of hydrazine groups is 2. The third-order valence-electron chi connectivity index (χ3n) is 6.15. The van der Waals surface area contributed by atoms with E-state index in [9.17, 15) is 9.90 Å². The lowest BCUT2D eigenvalue weighted by molar-refractivity contribution is -0.139. The van der Waals surface area contributed by atoms with Crippen LogP contribution in [0.15, 0.2) is 30.3 Å². The summed E-state index contributed by atoms with van der Waals surface area (Å²) in [6, 6.07) is 10.4. The summed E-state index contributed by atoms with van der Waals surface area (Å²) in [4.78, 5) is 15.0. The van der Waals surface area contributed by atoms with Gasteiger partial charge in [-0.2, -0.15) is 5.53 Å². The second kappa shape index (κ2) is 7.41. The molecule has 1 aliphatic carbocycles. The van der Waals surface area contributed by atoms with E-state index >= 15 is 0 Å². The lowest BCUT2D eigenvalue weighted by Crippen LogP contribution is -2.52. The summed E-state index contributed by atoms with van der Waals surface area (Å²) < 4.78 is 0. The molecule has 0 radical (unpaired) electrons. The molecule has 3 fully saturated rings. The van der Waals surface area contributed by atoms with Crippen molar-refractivity contribution in [2.24, 2.45) is 11.8 Å². The predicted molar refractivity (Wildman–Crippen MR) is 95.0 cm³/mol. The Morgan fingerprint density at radius 3 is 2.60 bits per heavy atom. The van der Waals surface area contributed by atoms with Crippen molar-refractivity contribution < 1.29 is 9.90 Å². The Morgan fingerprint density at radius 2 is 1.84 bits per heavy atom. The third kappa shape index (κ3) is 3.44. The van der Waals surface area contributed by atoms with E-state index in [4.69, 9.17) is 0 Å². The van der Waals surface area contributed by atoms with Crippen LogP contribution in [0.1, 0.15) is 43.8 Å². The number of rotatable bonds is 3. The molecule has 4 rings (SSSR count). The number of nitrogens with zero attached hydrogens (tertiary/aromatic N) is 1. The van der Waals surface area contributed by atoms with Crippen molar-refractivity contribution in [3.05, 3.63) is 35.9 Å². The molecular formula is C19H28N4O2. The maximum absolute atomic E-state index is 13.0. The Morgan fingerprint density at radius 1 is 1.08 bits per heavy atom. The zero-order valence-corrected chi connectivity index (χ0v) is 14.5. The lowest BCUT2D eigenvalue weighted by Gasteiger charge is -2.39. The largest absolute Gasteiger partial charge is 0.388 e. The van der Waals surface area contributed by atoms with E-state index in [0.717, 1.165) is 50.8 Å². The van der Waals surface area contributed by atoms with Crippen LogP contribution in [0.2, 0.25) is 0 Å². The molecular weight excluding hydrogens is 316 g/mol. The van der Waals surface area contributed by atoms with Gasteiger partial charge < -0.3 is 10.0 Å². The number of fused-ring (bicyclic) bond motifs is 1. The van der Waals surface area contributed by atoms with E-state index < -0.39 is 6.10 Å². The van der Waals surface area contributed by atoms with Crippen LogP contribution < -0.4 is 16.4 Å². The number of aliphatic hydroxyl groups is 1. The first kappa shape index (κ1) is 17.0. The van der Waals surface area contributed by atoms with Gasteiger partial charge in [0.1, 0.15) is 0 Å². The second-order valence-corrected chi connectivity index (χ2v) is 7.60. The maximum Gasteiger partial charge on any atom is 0.227 e. The molecule has 1 aromatic carbocycles. The molecule has 4 atom stereocenters. The molecule has 1 amide bonds. The fourth-order valence-corrected chi connectivity index (χ4v) is 4.65. The summed E-state index contributed by atoms with van der Waals surface area (Å²) in [7, 11) is 0. The first-order chi connectivity index (χ1) is 12.2. The number of carbonyl (C=O) groups excluding carboxylic acids is 1. The molecule has 4 N–H and O–H groups in total. The van der Waals surface area contributed by atoms with Gasteiger partial charge in [0.05, 0.1) is 18.1 Å². The Hall–Kier alpha value is -1.47. The maximum atomic E-state index is 13.0. The van der Waals surface area contributed by atoms with Gasteiger partial charge in [0.2, 0.25) is 5.91 Å². The van der Waals surface area contributed by atoms with E-state index in [2.05, 4.69) is 16.4 Å². The summed E-state index contributed by atoms with van der Waals surface area (Å²) in [6.45, 7) is 1.50. The highest BCUT2D eigenvalue weighted by atomic mass is 16.3. The van der Waals surface area contributed by atoms with Crippen LogP contribution >= 0.6 is 0 Å². The van der Waals surface area contributed by atoms with Crippen molar-refractivity contribution in [3.63, 3.8) is 0 Å². The van der Waals surface area contributed by atoms with Gasteiger partial charge in [-0.15, -0.1) is 0 Å². The molecule has 2 saturated heterocycles. The number of nitrogens with one attached hydrogen (secondary N) is 3. The molecule has 4 unspecified atom stereocenters. The quantitative estimate of drug-likeness (QED) is 0.661. The predicted octanol–water partition coefficient (Wildman–Crippen LogP) is 1.11. The van der Waals surface area contributed by atoms with Gasteiger partial charge in [-0.3, -0.25) is 4.79 Å². The van der Waals surface area contributed by atoms with Crippen LogP contribution in [0, 0.1) is 11.8 Å². The molecule has 25 heavy (non-hydrogen) atoms. The molecule has 1 saturated carbocycles. The SMILES string of the molecule is O=C(C1CCCC2NNNC21)N1CCC(C(O)c2ccccc2)CC1. The lowest BCUT2D eigenvalue weighted by atomic mass is 9.80. The first-order valence-corrected chi connectivity index (χ1v) is 9.52. The topological polar surface area (TPSA) is 76.6 Å². The highest BCUT2D eigenvalue weighted by Crippen LogP contribution is 2.33. The minimum atomic E-state index is -0.428. The highest BCUT2D eigenvalue weighted by Gasteiger charge is 2.42. The second-order valence-electron chi connectivity index (χ2n) is 7.60. The molecule has 1 aromatic rings. The average molecular weight is 344 g/mol. The van der Waals surface area contributed by atoms with E-state index in [-0.39, 0.29) is 23.8 Å². The van der Waals surface area contributed by atoms with Crippen molar-refractivity contribution >= 4 is 5.91 Å². The number of piperidine rings is 1. The molecule has 3 aliphatic rings. The van der Waals surface area contributed by atoms with Gasteiger partial charge in [0, 0.05) is 19.1 Å². The van der Waals surface area contributed by atoms with Crippen molar-refractivity contribution in [1.29, 1.82) is 0 Å². The Labute approximate surface area is 148 Å². The summed E-state index contributed by atoms with van der Waals surface area (Å²) in [5.41, 5.74) is 10.4. The van der Waals surface area contributed by atoms with Crippen molar-refractivity contribution in [2.75, 3.05) is 13.1 Å². The van der Waals surface area contributed by atoms with Crippen molar-refractivity contribution in [2.45, 2.75) is 50.3 Å². The number of likely N-dealkylation sites (tertiary alicyclic amines) is 1. The third-order valence-corrected chi connectivity index (χ3v) is 6.15. The fourth-order valence-electron chi connectivity index (χ4n) is 4.65. The number of aliphatic hydroxyl groups excluding tert-OH is 1. The summed E-state index contributed by atoms with van der Waals surface area (Å²) >= 11 is 0. The molecule has 2 heterocycles. The minimum absolute atomic E-state index is 0.0526. The van der Waals surface area contributed by atoms with Gasteiger partial charge in [0.15, 0.2) is 0 Å². The zero-order chi connectivity index (χ0) is 17.2. The zero-order valence-electron chi connectivity index (χ0n) is 14.5. The smallest absolute Gasteiger partial charge is 0.227 e. The van der Waals surface area contributed by atoms with Crippen LogP contribution in [0.4, 0.5) is 0 Å². The Balaban J connectivity index is 1.34. The summed E-state index contributed by atoms with van der Waals surface area (Å²) in [5, 5.41) is 10.6. The van der Waals surface area contributed by atoms with Crippen LogP contribution in [-0.4, -0.2) is 41.1 Å². The normalized spacial score (nSPS) is 31.6. The van der Waals surface area contributed by atoms with Gasteiger partial charge in [-0.1, -0.05) is 36.8 Å². The number of benzene rings is 1. The van der Waals surface area contributed by atoms with Gasteiger partial charge in [-0.05, 0) is 37.2 Å².